The lowest BCUT2D eigenvalue weighted by molar-refractivity contribution is -0.129. The van der Waals surface area contributed by atoms with E-state index in [4.69, 9.17) is 0 Å². The number of rotatable bonds is 3. The van der Waals surface area contributed by atoms with Gasteiger partial charge in [0.15, 0.2) is 0 Å². The molecule has 1 amide bonds. The van der Waals surface area contributed by atoms with Crippen LogP contribution >= 0.6 is 12.4 Å². The fraction of sp³-hybridized carbons (Fsp3) is 0.462. The minimum Gasteiger partial charge on any atom is -0.341 e. The van der Waals surface area contributed by atoms with Crippen LogP contribution in [-0.2, 0) is 11.2 Å². The van der Waals surface area contributed by atoms with Crippen LogP contribution in [0.3, 0.4) is 0 Å². The molecule has 1 aromatic carbocycles. The lowest BCUT2D eigenvalue weighted by Crippen LogP contribution is -2.34. The summed E-state index contributed by atoms with van der Waals surface area (Å²) in [6, 6.07) is 6.82. The van der Waals surface area contributed by atoms with Crippen molar-refractivity contribution >= 4 is 18.3 Å². The first-order chi connectivity index (χ1) is 8.20. The molecule has 0 bridgehead atoms. The predicted octanol–water partition coefficient (Wildman–Crippen LogP) is 1.61. The molecule has 1 aromatic rings. The first-order valence-corrected chi connectivity index (χ1v) is 5.89. The van der Waals surface area contributed by atoms with E-state index in [1.165, 1.54) is 6.07 Å². The third-order valence-electron chi connectivity index (χ3n) is 3.25. The molecule has 1 aliphatic heterocycles. The zero-order chi connectivity index (χ0) is 12.3. The van der Waals surface area contributed by atoms with Crippen LogP contribution < -0.4 is 5.32 Å². The molecular weight excluding hydrogens is 255 g/mol. The fourth-order valence-electron chi connectivity index (χ4n) is 2.14. The number of hydrogen-bond donors (Lipinski definition) is 1. The van der Waals surface area contributed by atoms with Crippen LogP contribution in [0.2, 0.25) is 0 Å². The van der Waals surface area contributed by atoms with Crippen LogP contribution in [0.15, 0.2) is 24.3 Å². The maximum absolute atomic E-state index is 13.4. The molecule has 1 fully saturated rings. The molecule has 1 heterocycles. The van der Waals surface area contributed by atoms with Gasteiger partial charge in [0, 0.05) is 19.1 Å². The van der Waals surface area contributed by atoms with Gasteiger partial charge in [0.1, 0.15) is 5.82 Å². The third-order valence-corrected chi connectivity index (χ3v) is 3.25. The van der Waals surface area contributed by atoms with Crippen LogP contribution in [0.4, 0.5) is 4.39 Å². The maximum atomic E-state index is 13.4. The molecule has 0 radical (unpaired) electrons. The molecule has 1 N–H and O–H groups in total. The Hall–Kier alpha value is -1.13. The number of carbonyl (C=O) groups excluding carboxylic acids is 1. The zero-order valence-electron chi connectivity index (χ0n) is 10.4. The number of nitrogens with one attached hydrogen (secondary N) is 1. The van der Waals surface area contributed by atoms with Gasteiger partial charge in [-0.05, 0) is 25.1 Å². The number of likely N-dealkylation sites (N-methyl/N-ethyl adjacent to an activating group) is 1. The lowest BCUT2D eigenvalue weighted by Gasteiger charge is -2.16. The Balaban J connectivity index is 0.00000162. The number of carbonyl (C=O) groups is 1. The van der Waals surface area contributed by atoms with E-state index in [0.717, 1.165) is 19.5 Å². The molecule has 3 nitrogen and oxygen atoms in total. The highest BCUT2D eigenvalue weighted by atomic mass is 35.5. The second kappa shape index (κ2) is 6.71. The summed E-state index contributed by atoms with van der Waals surface area (Å²) >= 11 is 0. The quantitative estimate of drug-likeness (QED) is 0.907. The Morgan fingerprint density at radius 3 is 2.83 bits per heavy atom. The summed E-state index contributed by atoms with van der Waals surface area (Å²) in [5.74, 6) is -0.293. The molecule has 1 unspecified atom stereocenters. The summed E-state index contributed by atoms with van der Waals surface area (Å²) in [7, 11) is 1.90. The van der Waals surface area contributed by atoms with E-state index in [1.54, 1.807) is 23.1 Å². The Labute approximate surface area is 113 Å². The first-order valence-electron chi connectivity index (χ1n) is 5.89. The number of likely N-dealkylation sites (tertiary alicyclic amines) is 1. The van der Waals surface area contributed by atoms with E-state index >= 15 is 0 Å². The van der Waals surface area contributed by atoms with Crippen molar-refractivity contribution in [3.8, 4) is 0 Å². The van der Waals surface area contributed by atoms with Crippen molar-refractivity contribution in [3.63, 3.8) is 0 Å². The standard InChI is InChI=1S/C13H17FN2O.ClH/c1-15-11-6-7-16(9-11)13(17)8-10-4-2-3-5-12(10)14;/h2-5,11,15H,6-9H2,1H3;1H. The smallest absolute Gasteiger partial charge is 0.227 e. The molecular formula is C13H18ClFN2O. The van der Waals surface area contributed by atoms with Gasteiger partial charge in [-0.3, -0.25) is 4.79 Å². The molecule has 0 saturated carbocycles. The van der Waals surface area contributed by atoms with Gasteiger partial charge in [-0.15, -0.1) is 12.4 Å². The Morgan fingerprint density at radius 1 is 1.50 bits per heavy atom. The highest BCUT2D eigenvalue weighted by Crippen LogP contribution is 2.13. The molecule has 0 aliphatic carbocycles. The van der Waals surface area contributed by atoms with E-state index in [-0.39, 0.29) is 30.6 Å². The van der Waals surface area contributed by atoms with Gasteiger partial charge in [-0.2, -0.15) is 0 Å². The van der Waals surface area contributed by atoms with Gasteiger partial charge < -0.3 is 10.2 Å². The SMILES string of the molecule is CNC1CCN(C(=O)Cc2ccccc2F)C1.Cl. The molecule has 0 aromatic heterocycles. The van der Waals surface area contributed by atoms with Crippen LogP contribution in [0.1, 0.15) is 12.0 Å². The van der Waals surface area contributed by atoms with E-state index < -0.39 is 0 Å². The van der Waals surface area contributed by atoms with Crippen LogP contribution in [-0.4, -0.2) is 37.0 Å². The van der Waals surface area contributed by atoms with Gasteiger partial charge in [0.05, 0.1) is 6.42 Å². The van der Waals surface area contributed by atoms with Crippen molar-refractivity contribution in [2.24, 2.45) is 0 Å². The second-order valence-electron chi connectivity index (χ2n) is 4.38. The number of amides is 1. The molecule has 1 atom stereocenters. The number of halogens is 2. The van der Waals surface area contributed by atoms with Gasteiger partial charge in [0.2, 0.25) is 5.91 Å². The molecule has 2 rings (SSSR count). The summed E-state index contributed by atoms with van der Waals surface area (Å²) < 4.78 is 13.4. The Kier molecular flexibility index (Phi) is 5.56. The average molecular weight is 273 g/mol. The summed E-state index contributed by atoms with van der Waals surface area (Å²) in [6.07, 6.45) is 1.13. The van der Waals surface area contributed by atoms with Gasteiger partial charge in [-0.1, -0.05) is 18.2 Å². The largest absolute Gasteiger partial charge is 0.341 e. The van der Waals surface area contributed by atoms with Crippen molar-refractivity contribution in [3.05, 3.63) is 35.6 Å². The minimum atomic E-state index is -0.301. The monoisotopic (exact) mass is 272 g/mol. The predicted molar refractivity (Wildman–Crippen MR) is 71.4 cm³/mol. The third kappa shape index (κ3) is 3.43. The second-order valence-corrected chi connectivity index (χ2v) is 4.38. The molecule has 18 heavy (non-hydrogen) atoms. The van der Waals surface area contributed by atoms with Crippen molar-refractivity contribution in [2.45, 2.75) is 18.9 Å². The van der Waals surface area contributed by atoms with Crippen molar-refractivity contribution in [1.29, 1.82) is 0 Å². The lowest BCUT2D eigenvalue weighted by atomic mass is 10.1. The summed E-state index contributed by atoms with van der Waals surface area (Å²) in [5.41, 5.74) is 0.477. The van der Waals surface area contributed by atoms with Crippen molar-refractivity contribution in [1.82, 2.24) is 10.2 Å². The normalized spacial score (nSPS) is 18.6. The number of benzene rings is 1. The maximum Gasteiger partial charge on any atom is 0.227 e. The molecule has 0 spiro atoms. The number of nitrogens with zero attached hydrogens (tertiary/aromatic N) is 1. The molecule has 1 aliphatic rings. The first kappa shape index (κ1) is 14.9. The minimum absolute atomic E-state index is 0. The highest BCUT2D eigenvalue weighted by molar-refractivity contribution is 5.85. The van der Waals surface area contributed by atoms with Gasteiger partial charge in [0.25, 0.3) is 0 Å². The van der Waals surface area contributed by atoms with E-state index in [1.807, 2.05) is 7.05 Å². The zero-order valence-corrected chi connectivity index (χ0v) is 11.2. The fourth-order valence-corrected chi connectivity index (χ4v) is 2.14. The van der Waals surface area contributed by atoms with Gasteiger partial charge >= 0.3 is 0 Å². The molecule has 5 heteroatoms. The summed E-state index contributed by atoms with van der Waals surface area (Å²) in [6.45, 7) is 1.49. The van der Waals surface area contributed by atoms with Gasteiger partial charge in [-0.25, -0.2) is 4.39 Å². The average Bonchev–Trinajstić information content (AvgIpc) is 2.81. The topological polar surface area (TPSA) is 32.3 Å². The van der Waals surface area contributed by atoms with Crippen LogP contribution in [0, 0.1) is 5.82 Å². The Morgan fingerprint density at radius 2 is 2.22 bits per heavy atom. The summed E-state index contributed by atoms with van der Waals surface area (Å²) in [5, 5.41) is 3.16. The number of hydrogen-bond acceptors (Lipinski definition) is 2. The van der Waals surface area contributed by atoms with E-state index in [9.17, 15) is 9.18 Å². The highest BCUT2D eigenvalue weighted by Gasteiger charge is 2.25. The van der Waals surface area contributed by atoms with Crippen LogP contribution in [0.25, 0.3) is 0 Å². The summed E-state index contributed by atoms with van der Waals surface area (Å²) in [4.78, 5) is 13.8. The molecule has 100 valence electrons. The van der Waals surface area contributed by atoms with Crippen LogP contribution in [0.5, 0.6) is 0 Å². The van der Waals surface area contributed by atoms with Crippen molar-refractivity contribution < 1.29 is 9.18 Å². The van der Waals surface area contributed by atoms with Crippen molar-refractivity contribution in [2.75, 3.05) is 20.1 Å². The van der Waals surface area contributed by atoms with E-state index in [2.05, 4.69) is 5.32 Å². The molecule has 1 saturated heterocycles. The van der Waals surface area contributed by atoms with E-state index in [0.29, 0.717) is 11.6 Å². The Bertz CT molecular complexity index is 414.